The molecule has 0 radical (unpaired) electrons. The van der Waals surface area contributed by atoms with Crippen molar-refractivity contribution in [3.8, 4) is 0 Å². The van der Waals surface area contributed by atoms with E-state index in [0.717, 1.165) is 36.8 Å². The Balaban J connectivity index is 1.59. The van der Waals surface area contributed by atoms with Gasteiger partial charge in [0.25, 0.3) is 0 Å². The summed E-state index contributed by atoms with van der Waals surface area (Å²) in [5.41, 5.74) is 2.53. The van der Waals surface area contributed by atoms with Gasteiger partial charge in [0, 0.05) is 31.1 Å². The SMILES string of the molecule is CCC(=O)Nc1ccc(S(=O)(=O)N2CCc3ccccc3C2CC(=O)NC2CCCC2)cc1. The van der Waals surface area contributed by atoms with Crippen LogP contribution in [-0.2, 0) is 26.0 Å². The molecule has 2 aliphatic rings. The lowest BCUT2D eigenvalue weighted by molar-refractivity contribution is -0.122. The van der Waals surface area contributed by atoms with E-state index in [0.29, 0.717) is 25.1 Å². The van der Waals surface area contributed by atoms with Crippen molar-refractivity contribution in [1.29, 1.82) is 0 Å². The van der Waals surface area contributed by atoms with Crippen LogP contribution >= 0.6 is 0 Å². The Hall–Kier alpha value is -2.71. The highest BCUT2D eigenvalue weighted by atomic mass is 32.2. The van der Waals surface area contributed by atoms with Gasteiger partial charge in [-0.05, 0) is 54.7 Å². The summed E-state index contributed by atoms with van der Waals surface area (Å²) < 4.78 is 28.7. The second-order valence-electron chi connectivity index (χ2n) is 8.76. The van der Waals surface area contributed by atoms with Crippen LogP contribution in [0.15, 0.2) is 53.4 Å². The Kier molecular flexibility index (Phi) is 7.14. The summed E-state index contributed by atoms with van der Waals surface area (Å²) in [4.78, 5) is 24.7. The van der Waals surface area contributed by atoms with Crippen LogP contribution in [0.5, 0.6) is 0 Å². The molecule has 1 saturated carbocycles. The van der Waals surface area contributed by atoms with E-state index in [1.165, 1.54) is 16.4 Å². The minimum absolute atomic E-state index is 0.0946. The molecule has 7 nitrogen and oxygen atoms in total. The predicted octanol–water partition coefficient (Wildman–Crippen LogP) is 3.77. The first kappa shape index (κ1) is 23.4. The number of nitrogens with one attached hydrogen (secondary N) is 2. The zero-order valence-electron chi connectivity index (χ0n) is 18.9. The maximum atomic E-state index is 13.6. The van der Waals surface area contributed by atoms with Crippen LogP contribution in [-0.4, -0.2) is 37.1 Å². The number of fused-ring (bicyclic) bond motifs is 1. The van der Waals surface area contributed by atoms with E-state index < -0.39 is 16.1 Å². The monoisotopic (exact) mass is 469 g/mol. The molecule has 0 aromatic heterocycles. The van der Waals surface area contributed by atoms with Crippen molar-refractivity contribution in [1.82, 2.24) is 9.62 Å². The van der Waals surface area contributed by atoms with Gasteiger partial charge in [-0.15, -0.1) is 0 Å². The Bertz CT molecular complexity index is 1110. The number of benzene rings is 2. The maximum absolute atomic E-state index is 13.6. The molecule has 2 aromatic carbocycles. The number of carbonyl (C=O) groups excluding carboxylic acids is 2. The molecule has 0 bridgehead atoms. The third-order valence-corrected chi connectivity index (χ3v) is 8.45. The molecule has 1 aliphatic carbocycles. The largest absolute Gasteiger partial charge is 0.353 e. The fourth-order valence-electron chi connectivity index (χ4n) is 4.76. The molecule has 4 rings (SSSR count). The number of anilines is 1. The minimum Gasteiger partial charge on any atom is -0.353 e. The Morgan fingerprint density at radius 2 is 1.70 bits per heavy atom. The van der Waals surface area contributed by atoms with Crippen LogP contribution in [0.1, 0.15) is 62.6 Å². The van der Waals surface area contributed by atoms with Crippen LogP contribution in [0.4, 0.5) is 5.69 Å². The molecule has 1 fully saturated rings. The van der Waals surface area contributed by atoms with Gasteiger partial charge in [-0.2, -0.15) is 4.31 Å². The molecule has 2 aromatic rings. The summed E-state index contributed by atoms with van der Waals surface area (Å²) in [5, 5.41) is 5.83. The van der Waals surface area contributed by atoms with Crippen molar-refractivity contribution in [3.05, 3.63) is 59.7 Å². The number of nitrogens with zero attached hydrogens (tertiary/aromatic N) is 1. The summed E-state index contributed by atoms with van der Waals surface area (Å²) in [6.07, 6.45) is 5.24. The molecule has 0 saturated heterocycles. The highest BCUT2D eigenvalue weighted by Crippen LogP contribution is 2.36. The van der Waals surface area contributed by atoms with Gasteiger partial charge in [0.1, 0.15) is 0 Å². The molecule has 2 N–H and O–H groups in total. The number of rotatable bonds is 7. The van der Waals surface area contributed by atoms with Crippen molar-refractivity contribution in [3.63, 3.8) is 0 Å². The van der Waals surface area contributed by atoms with E-state index in [1.54, 1.807) is 19.1 Å². The lowest BCUT2D eigenvalue weighted by atomic mass is 9.92. The fraction of sp³-hybridized carbons (Fsp3) is 0.440. The van der Waals surface area contributed by atoms with Crippen LogP contribution < -0.4 is 10.6 Å². The van der Waals surface area contributed by atoms with Gasteiger partial charge < -0.3 is 10.6 Å². The first-order valence-corrected chi connectivity index (χ1v) is 13.1. The standard InChI is InChI=1S/C25H31N3O4S/c1-2-24(29)26-20-11-13-21(14-12-20)33(31,32)28-16-15-18-7-3-6-10-22(18)23(28)17-25(30)27-19-8-4-5-9-19/h3,6-7,10-14,19,23H,2,4-5,8-9,15-17H2,1H3,(H,26,29)(H,27,30). The number of hydrogen-bond acceptors (Lipinski definition) is 4. The molecular formula is C25H31N3O4S. The zero-order valence-corrected chi connectivity index (χ0v) is 19.7. The molecule has 8 heteroatoms. The van der Waals surface area contributed by atoms with Crippen LogP contribution in [0.25, 0.3) is 0 Å². The van der Waals surface area contributed by atoms with Gasteiger partial charge in [0.15, 0.2) is 0 Å². The minimum atomic E-state index is -3.84. The number of hydrogen-bond donors (Lipinski definition) is 2. The molecule has 2 amide bonds. The summed E-state index contributed by atoms with van der Waals surface area (Å²) in [6, 6.07) is 13.6. The highest BCUT2D eigenvalue weighted by Gasteiger charge is 2.37. The van der Waals surface area contributed by atoms with Crippen LogP contribution in [0, 0.1) is 0 Å². The third kappa shape index (κ3) is 5.28. The number of sulfonamides is 1. The summed E-state index contributed by atoms with van der Waals surface area (Å²) in [7, 11) is -3.84. The van der Waals surface area contributed by atoms with Gasteiger partial charge in [-0.1, -0.05) is 44.0 Å². The van der Waals surface area contributed by atoms with Crippen LogP contribution in [0.3, 0.4) is 0 Å². The molecule has 1 unspecified atom stereocenters. The van der Waals surface area contributed by atoms with Gasteiger partial charge in [0.05, 0.1) is 10.9 Å². The molecule has 1 aliphatic heterocycles. The van der Waals surface area contributed by atoms with Gasteiger partial charge in [0.2, 0.25) is 21.8 Å². The molecule has 176 valence electrons. The second kappa shape index (κ2) is 10.1. The fourth-order valence-corrected chi connectivity index (χ4v) is 6.36. The van der Waals surface area contributed by atoms with Crippen molar-refractivity contribution < 1.29 is 18.0 Å². The van der Waals surface area contributed by atoms with Crippen LogP contribution in [0.2, 0.25) is 0 Å². The zero-order chi connectivity index (χ0) is 23.4. The average Bonchev–Trinajstić information content (AvgIpc) is 3.32. The molecular weight excluding hydrogens is 438 g/mol. The van der Waals surface area contributed by atoms with Crippen molar-refractivity contribution in [2.45, 2.75) is 68.8 Å². The van der Waals surface area contributed by atoms with Crippen molar-refractivity contribution in [2.75, 3.05) is 11.9 Å². The third-order valence-electron chi connectivity index (χ3n) is 6.53. The molecule has 33 heavy (non-hydrogen) atoms. The number of carbonyl (C=O) groups is 2. The van der Waals surface area contributed by atoms with Gasteiger partial charge in [-0.3, -0.25) is 9.59 Å². The molecule has 1 heterocycles. The van der Waals surface area contributed by atoms with Gasteiger partial charge in [-0.25, -0.2) is 8.42 Å². The van der Waals surface area contributed by atoms with E-state index in [-0.39, 0.29) is 29.2 Å². The Morgan fingerprint density at radius 3 is 2.39 bits per heavy atom. The van der Waals surface area contributed by atoms with E-state index >= 15 is 0 Å². The topological polar surface area (TPSA) is 95.6 Å². The van der Waals surface area contributed by atoms with E-state index in [2.05, 4.69) is 10.6 Å². The summed E-state index contributed by atoms with van der Waals surface area (Å²) in [6.45, 7) is 2.07. The summed E-state index contributed by atoms with van der Waals surface area (Å²) in [5.74, 6) is -0.243. The smallest absolute Gasteiger partial charge is 0.243 e. The lowest BCUT2D eigenvalue weighted by Crippen LogP contribution is -2.43. The summed E-state index contributed by atoms with van der Waals surface area (Å²) >= 11 is 0. The molecule has 0 spiro atoms. The van der Waals surface area contributed by atoms with E-state index in [1.807, 2.05) is 24.3 Å². The number of amides is 2. The first-order valence-electron chi connectivity index (χ1n) is 11.7. The first-order chi connectivity index (χ1) is 15.9. The van der Waals surface area contributed by atoms with Crippen molar-refractivity contribution >= 4 is 27.5 Å². The Labute approximate surface area is 195 Å². The maximum Gasteiger partial charge on any atom is 0.243 e. The second-order valence-corrected chi connectivity index (χ2v) is 10.7. The normalized spacial score (nSPS) is 19.1. The predicted molar refractivity (Wildman–Crippen MR) is 127 cm³/mol. The van der Waals surface area contributed by atoms with Crippen molar-refractivity contribution in [2.24, 2.45) is 0 Å². The molecule has 1 atom stereocenters. The van der Waals surface area contributed by atoms with E-state index in [9.17, 15) is 18.0 Å². The average molecular weight is 470 g/mol. The lowest BCUT2D eigenvalue weighted by Gasteiger charge is -2.36. The van der Waals surface area contributed by atoms with Gasteiger partial charge >= 0.3 is 0 Å². The van der Waals surface area contributed by atoms with E-state index in [4.69, 9.17) is 0 Å². The highest BCUT2D eigenvalue weighted by molar-refractivity contribution is 7.89. The quantitative estimate of drug-likeness (QED) is 0.645. The Morgan fingerprint density at radius 1 is 1.00 bits per heavy atom.